The van der Waals surface area contributed by atoms with Gasteiger partial charge in [-0.1, -0.05) is 13.8 Å². The summed E-state index contributed by atoms with van der Waals surface area (Å²) in [6.07, 6.45) is 3.59. The lowest BCUT2D eigenvalue weighted by Gasteiger charge is -2.29. The van der Waals surface area contributed by atoms with Crippen LogP contribution in [0.15, 0.2) is 12.4 Å². The first-order valence-corrected chi connectivity index (χ1v) is 5.30. The Bertz CT molecular complexity index is 371. The fraction of sp³-hybridized carbons (Fsp3) is 0.636. The predicted octanol–water partition coefficient (Wildman–Crippen LogP) is 0.681. The zero-order chi connectivity index (χ0) is 12.3. The van der Waals surface area contributed by atoms with E-state index in [1.54, 1.807) is 6.20 Å². The summed E-state index contributed by atoms with van der Waals surface area (Å²) in [5.41, 5.74) is 5.34. The van der Waals surface area contributed by atoms with E-state index in [4.69, 9.17) is 5.73 Å². The lowest BCUT2D eigenvalue weighted by atomic mass is 9.84. The minimum Gasteiger partial charge on any atom is -0.468 e. The van der Waals surface area contributed by atoms with Crippen LogP contribution in [-0.2, 0) is 21.5 Å². The fourth-order valence-corrected chi connectivity index (χ4v) is 1.68. The molecule has 5 nitrogen and oxygen atoms in total. The number of rotatable bonds is 4. The zero-order valence-electron chi connectivity index (χ0n) is 10.2. The minimum absolute atomic E-state index is 0.421. The molecule has 0 aromatic carbocycles. The van der Waals surface area contributed by atoms with Gasteiger partial charge in [0.1, 0.15) is 11.9 Å². The Labute approximate surface area is 95.6 Å². The Morgan fingerprint density at radius 1 is 1.69 bits per heavy atom. The summed E-state index contributed by atoms with van der Waals surface area (Å²) in [5, 5.41) is 0. The van der Waals surface area contributed by atoms with Crippen LogP contribution in [0.5, 0.6) is 0 Å². The summed E-state index contributed by atoms with van der Waals surface area (Å²) >= 11 is 0. The molecule has 0 fully saturated rings. The SMILES string of the molecule is CCn1ccnc1C(C)(C)C(N)C(=O)OC. The molecule has 0 saturated heterocycles. The van der Waals surface area contributed by atoms with Gasteiger partial charge in [-0.25, -0.2) is 4.98 Å². The molecular formula is C11H19N3O2. The van der Waals surface area contributed by atoms with Crippen LogP contribution in [0.4, 0.5) is 0 Å². The first kappa shape index (κ1) is 12.7. The zero-order valence-corrected chi connectivity index (χ0v) is 10.2. The highest BCUT2D eigenvalue weighted by atomic mass is 16.5. The van der Waals surface area contributed by atoms with E-state index in [1.165, 1.54) is 7.11 Å². The molecule has 1 heterocycles. The van der Waals surface area contributed by atoms with Gasteiger partial charge >= 0.3 is 5.97 Å². The van der Waals surface area contributed by atoms with Crippen LogP contribution in [0.25, 0.3) is 0 Å². The van der Waals surface area contributed by atoms with Crippen molar-refractivity contribution in [3.63, 3.8) is 0 Å². The summed E-state index contributed by atoms with van der Waals surface area (Å²) < 4.78 is 6.64. The predicted molar refractivity (Wildman–Crippen MR) is 60.9 cm³/mol. The molecule has 90 valence electrons. The van der Waals surface area contributed by atoms with Crippen molar-refractivity contribution in [2.24, 2.45) is 5.73 Å². The highest BCUT2D eigenvalue weighted by Gasteiger charge is 2.37. The topological polar surface area (TPSA) is 70.1 Å². The van der Waals surface area contributed by atoms with Crippen LogP contribution in [0.3, 0.4) is 0 Å². The van der Waals surface area contributed by atoms with Crippen molar-refractivity contribution in [3.05, 3.63) is 18.2 Å². The van der Waals surface area contributed by atoms with Crippen LogP contribution in [0.1, 0.15) is 26.6 Å². The van der Waals surface area contributed by atoms with Crippen molar-refractivity contribution >= 4 is 5.97 Å². The van der Waals surface area contributed by atoms with Gasteiger partial charge < -0.3 is 15.0 Å². The van der Waals surface area contributed by atoms with Crippen LogP contribution in [-0.4, -0.2) is 28.7 Å². The Balaban J connectivity index is 3.05. The maximum Gasteiger partial charge on any atom is 0.323 e. The van der Waals surface area contributed by atoms with Gasteiger partial charge in [0.05, 0.1) is 7.11 Å². The monoisotopic (exact) mass is 225 g/mol. The van der Waals surface area contributed by atoms with E-state index in [9.17, 15) is 4.79 Å². The van der Waals surface area contributed by atoms with Gasteiger partial charge in [-0.05, 0) is 6.92 Å². The standard InChI is InChI=1S/C11H19N3O2/c1-5-14-7-6-13-10(14)11(2,3)8(12)9(15)16-4/h6-8H,5,12H2,1-4H3. The highest BCUT2D eigenvalue weighted by molar-refractivity contribution is 5.77. The Morgan fingerprint density at radius 3 is 2.81 bits per heavy atom. The Kier molecular flexibility index (Phi) is 3.70. The van der Waals surface area contributed by atoms with E-state index in [0.29, 0.717) is 0 Å². The summed E-state index contributed by atoms with van der Waals surface area (Å²) in [6.45, 7) is 6.60. The second-order valence-corrected chi connectivity index (χ2v) is 4.26. The normalized spacial score (nSPS) is 13.6. The van der Waals surface area contributed by atoms with E-state index in [1.807, 2.05) is 31.5 Å². The van der Waals surface area contributed by atoms with Gasteiger partial charge in [-0.15, -0.1) is 0 Å². The number of aryl methyl sites for hydroxylation is 1. The molecule has 0 radical (unpaired) electrons. The lowest BCUT2D eigenvalue weighted by molar-refractivity contribution is -0.143. The fourth-order valence-electron chi connectivity index (χ4n) is 1.68. The molecule has 0 saturated carbocycles. The molecule has 16 heavy (non-hydrogen) atoms. The number of esters is 1. The molecule has 1 atom stereocenters. The molecule has 0 aliphatic rings. The molecule has 1 rings (SSSR count). The van der Waals surface area contributed by atoms with E-state index >= 15 is 0 Å². The number of carbonyl (C=O) groups excluding carboxylic acids is 1. The van der Waals surface area contributed by atoms with E-state index < -0.39 is 17.4 Å². The minimum atomic E-state index is -0.717. The summed E-state index contributed by atoms with van der Waals surface area (Å²) in [5.74, 6) is 0.378. The van der Waals surface area contributed by atoms with Crippen molar-refractivity contribution in [2.75, 3.05) is 7.11 Å². The number of hydrogen-bond donors (Lipinski definition) is 1. The molecule has 5 heteroatoms. The van der Waals surface area contributed by atoms with Crippen molar-refractivity contribution in [3.8, 4) is 0 Å². The quantitative estimate of drug-likeness (QED) is 0.765. The maximum absolute atomic E-state index is 11.5. The Hall–Kier alpha value is -1.36. The van der Waals surface area contributed by atoms with Gasteiger partial charge in [-0.3, -0.25) is 4.79 Å². The van der Waals surface area contributed by atoms with Crippen molar-refractivity contribution < 1.29 is 9.53 Å². The molecule has 2 N–H and O–H groups in total. The van der Waals surface area contributed by atoms with Crippen LogP contribution >= 0.6 is 0 Å². The van der Waals surface area contributed by atoms with Gasteiger partial charge in [0, 0.05) is 24.4 Å². The highest BCUT2D eigenvalue weighted by Crippen LogP contribution is 2.25. The van der Waals surface area contributed by atoms with E-state index in [0.717, 1.165) is 12.4 Å². The van der Waals surface area contributed by atoms with Crippen molar-refractivity contribution in [2.45, 2.75) is 38.8 Å². The van der Waals surface area contributed by atoms with Gasteiger partial charge in [0.15, 0.2) is 0 Å². The third kappa shape index (κ3) is 2.09. The number of nitrogens with zero attached hydrogens (tertiary/aromatic N) is 2. The molecule has 0 bridgehead atoms. The third-order valence-corrected chi connectivity index (χ3v) is 2.87. The van der Waals surface area contributed by atoms with E-state index in [2.05, 4.69) is 9.72 Å². The van der Waals surface area contributed by atoms with Crippen LogP contribution in [0.2, 0.25) is 0 Å². The van der Waals surface area contributed by atoms with Crippen molar-refractivity contribution in [1.82, 2.24) is 9.55 Å². The molecule has 1 aromatic heterocycles. The van der Waals surface area contributed by atoms with Crippen molar-refractivity contribution in [1.29, 1.82) is 0 Å². The molecular weight excluding hydrogens is 206 g/mol. The average molecular weight is 225 g/mol. The van der Waals surface area contributed by atoms with Gasteiger partial charge in [0.25, 0.3) is 0 Å². The second kappa shape index (κ2) is 4.65. The number of imidazole rings is 1. The number of nitrogens with two attached hydrogens (primary N) is 1. The Morgan fingerprint density at radius 2 is 2.31 bits per heavy atom. The summed E-state index contributed by atoms with van der Waals surface area (Å²) in [7, 11) is 1.34. The largest absolute Gasteiger partial charge is 0.468 e. The first-order chi connectivity index (χ1) is 7.45. The smallest absolute Gasteiger partial charge is 0.323 e. The number of aromatic nitrogens is 2. The molecule has 1 aromatic rings. The molecule has 1 unspecified atom stereocenters. The third-order valence-electron chi connectivity index (χ3n) is 2.87. The molecule has 0 aliphatic carbocycles. The van der Waals surface area contributed by atoms with Gasteiger partial charge in [0.2, 0.25) is 0 Å². The van der Waals surface area contributed by atoms with Crippen LogP contribution < -0.4 is 5.73 Å². The first-order valence-electron chi connectivity index (χ1n) is 5.30. The maximum atomic E-state index is 11.5. The van der Waals surface area contributed by atoms with Crippen LogP contribution in [0, 0.1) is 0 Å². The number of methoxy groups -OCH3 is 1. The van der Waals surface area contributed by atoms with Gasteiger partial charge in [-0.2, -0.15) is 0 Å². The number of hydrogen-bond acceptors (Lipinski definition) is 4. The van der Waals surface area contributed by atoms with E-state index in [-0.39, 0.29) is 0 Å². The average Bonchev–Trinajstić information content (AvgIpc) is 2.75. The molecule has 0 aliphatic heterocycles. The molecule has 0 spiro atoms. The summed E-state index contributed by atoms with van der Waals surface area (Å²) in [4.78, 5) is 15.7. The molecule has 0 amide bonds. The lowest BCUT2D eigenvalue weighted by Crippen LogP contribution is -2.48. The second-order valence-electron chi connectivity index (χ2n) is 4.26. The summed E-state index contributed by atoms with van der Waals surface area (Å²) in [6, 6.07) is -0.717. The number of ether oxygens (including phenoxy) is 1. The number of carbonyl (C=O) groups is 1.